The van der Waals surface area contributed by atoms with Gasteiger partial charge in [-0.05, 0) is 41.5 Å². The summed E-state index contributed by atoms with van der Waals surface area (Å²) in [4.78, 5) is 19.5. The minimum atomic E-state index is -2.55. The molecule has 0 saturated carbocycles. The van der Waals surface area contributed by atoms with Gasteiger partial charge in [0.1, 0.15) is 0 Å². The van der Waals surface area contributed by atoms with Gasteiger partial charge >= 0.3 is 0 Å². The van der Waals surface area contributed by atoms with Gasteiger partial charge in [-0.15, -0.1) is 0 Å². The molecular formula is C27H26F2N4O. The van der Waals surface area contributed by atoms with Crippen LogP contribution < -0.4 is 10.6 Å². The molecule has 1 aromatic heterocycles. The number of likely N-dealkylation sites (tertiary alicyclic amines) is 1. The Morgan fingerprint density at radius 3 is 2.62 bits per heavy atom. The van der Waals surface area contributed by atoms with Gasteiger partial charge in [-0.2, -0.15) is 0 Å². The van der Waals surface area contributed by atoms with Crippen LogP contribution in [0, 0.1) is 0 Å². The molecular weight excluding hydrogens is 434 g/mol. The molecule has 1 amide bonds. The van der Waals surface area contributed by atoms with E-state index in [-0.39, 0.29) is 18.7 Å². The van der Waals surface area contributed by atoms with Crippen LogP contribution in [-0.2, 0) is 11.3 Å². The first kappa shape index (κ1) is 22.2. The van der Waals surface area contributed by atoms with Crippen LogP contribution in [0.15, 0.2) is 73.1 Å². The third-order valence-corrected chi connectivity index (χ3v) is 6.31. The van der Waals surface area contributed by atoms with Crippen LogP contribution in [0.1, 0.15) is 24.0 Å². The molecule has 174 valence electrons. The number of benzene rings is 2. The highest BCUT2D eigenvalue weighted by molar-refractivity contribution is 6.27. The number of carbonyl (C=O) groups excluding carboxylic acids is 1. The Labute approximate surface area is 197 Å². The summed E-state index contributed by atoms with van der Waals surface area (Å²) in [6.07, 6.45) is 5.27. The fraction of sp³-hybridized carbons (Fsp3) is 0.259. The number of pyridine rings is 1. The maximum Gasteiger partial charge on any atom is 0.256 e. The van der Waals surface area contributed by atoms with Gasteiger partial charge in [-0.25, -0.2) is 8.78 Å². The van der Waals surface area contributed by atoms with Gasteiger partial charge in [0.25, 0.3) is 11.8 Å². The second-order valence-corrected chi connectivity index (χ2v) is 8.79. The zero-order valence-corrected chi connectivity index (χ0v) is 18.7. The number of para-hydroxylation sites is 1. The van der Waals surface area contributed by atoms with Gasteiger partial charge in [-0.1, -0.05) is 30.3 Å². The Balaban J connectivity index is 1.36. The molecule has 2 N–H and O–H groups in total. The number of hydrogen-bond donors (Lipinski definition) is 2. The quantitative estimate of drug-likeness (QED) is 0.533. The largest absolute Gasteiger partial charge is 0.381 e. The van der Waals surface area contributed by atoms with Gasteiger partial charge < -0.3 is 10.6 Å². The van der Waals surface area contributed by atoms with Crippen molar-refractivity contribution in [2.45, 2.75) is 25.3 Å². The van der Waals surface area contributed by atoms with E-state index in [9.17, 15) is 13.6 Å². The molecule has 3 aromatic rings. The molecule has 2 aliphatic rings. The van der Waals surface area contributed by atoms with Gasteiger partial charge in [0, 0.05) is 79.5 Å². The standard InChI is InChI=1S/C27H26F2N4O/c28-27(29)9-12-33(13-10-27)18-19-14-21(17-30-16-19)20-6-7-25-24(15-20)23(8-11-31-25)26(34)32-22-4-2-1-3-5-22/h1-8,14-17,31H,9-13,18H2,(H,32,34). The van der Waals surface area contributed by atoms with Crippen molar-refractivity contribution in [3.05, 3.63) is 84.2 Å². The van der Waals surface area contributed by atoms with E-state index in [2.05, 4.69) is 15.6 Å². The first-order valence-corrected chi connectivity index (χ1v) is 11.5. The highest BCUT2D eigenvalue weighted by Gasteiger charge is 2.33. The number of amides is 1. The van der Waals surface area contributed by atoms with E-state index >= 15 is 0 Å². The van der Waals surface area contributed by atoms with Gasteiger partial charge in [0.2, 0.25) is 0 Å². The summed E-state index contributed by atoms with van der Waals surface area (Å²) in [5.41, 5.74) is 5.96. The minimum absolute atomic E-state index is 0.0991. The Hall–Kier alpha value is -3.58. The van der Waals surface area contributed by atoms with Gasteiger partial charge in [-0.3, -0.25) is 14.7 Å². The maximum atomic E-state index is 13.5. The van der Waals surface area contributed by atoms with E-state index in [1.54, 1.807) is 12.4 Å². The average molecular weight is 461 g/mol. The Morgan fingerprint density at radius 1 is 1.03 bits per heavy atom. The average Bonchev–Trinajstić information content (AvgIpc) is 2.85. The second kappa shape index (κ2) is 9.35. The van der Waals surface area contributed by atoms with Gasteiger partial charge in [0.15, 0.2) is 0 Å². The van der Waals surface area contributed by atoms with E-state index in [0.29, 0.717) is 31.8 Å². The van der Waals surface area contributed by atoms with Crippen molar-refractivity contribution < 1.29 is 13.6 Å². The zero-order chi connectivity index (χ0) is 23.5. The molecule has 2 aliphatic heterocycles. The summed E-state index contributed by atoms with van der Waals surface area (Å²) in [5, 5.41) is 6.29. The SMILES string of the molecule is O=C(Nc1ccccc1)C1=CCNc2ccc(-c3cncc(CN4CCC(F)(F)CC4)c3)cc21. The number of carbonyl (C=O) groups is 1. The lowest BCUT2D eigenvalue weighted by Gasteiger charge is -2.31. The van der Waals surface area contributed by atoms with E-state index in [0.717, 1.165) is 33.6 Å². The molecule has 0 atom stereocenters. The normalized spacial score (nSPS) is 17.3. The minimum Gasteiger partial charge on any atom is -0.381 e. The van der Waals surface area contributed by atoms with Gasteiger partial charge in [0.05, 0.1) is 0 Å². The number of anilines is 2. The van der Waals surface area contributed by atoms with E-state index in [1.165, 1.54) is 0 Å². The smallest absolute Gasteiger partial charge is 0.256 e. The van der Waals surface area contributed by atoms with E-state index in [1.807, 2.05) is 65.6 Å². The van der Waals surface area contributed by atoms with Crippen molar-refractivity contribution in [3.8, 4) is 11.1 Å². The monoisotopic (exact) mass is 460 g/mol. The number of halogens is 2. The van der Waals surface area contributed by atoms with E-state index < -0.39 is 5.92 Å². The topological polar surface area (TPSA) is 57.3 Å². The fourth-order valence-corrected chi connectivity index (χ4v) is 4.44. The number of hydrogen-bond acceptors (Lipinski definition) is 4. The molecule has 7 heteroatoms. The molecule has 0 radical (unpaired) electrons. The lowest BCUT2D eigenvalue weighted by atomic mass is 9.94. The summed E-state index contributed by atoms with van der Waals surface area (Å²) < 4.78 is 26.9. The summed E-state index contributed by atoms with van der Waals surface area (Å²) in [6, 6.07) is 17.4. The van der Waals surface area contributed by atoms with Crippen LogP contribution in [0.2, 0.25) is 0 Å². The first-order chi connectivity index (χ1) is 16.5. The molecule has 2 aromatic carbocycles. The van der Waals surface area contributed by atoms with Crippen LogP contribution >= 0.6 is 0 Å². The third-order valence-electron chi connectivity index (χ3n) is 6.31. The number of fused-ring (bicyclic) bond motifs is 1. The molecule has 5 rings (SSSR count). The van der Waals surface area contributed by atoms with Crippen LogP contribution in [0.3, 0.4) is 0 Å². The molecule has 5 nitrogen and oxygen atoms in total. The van der Waals surface area contributed by atoms with Crippen molar-refractivity contribution in [1.29, 1.82) is 0 Å². The molecule has 0 aliphatic carbocycles. The third kappa shape index (κ3) is 4.99. The number of rotatable bonds is 5. The highest BCUT2D eigenvalue weighted by Crippen LogP contribution is 2.33. The summed E-state index contributed by atoms with van der Waals surface area (Å²) >= 11 is 0. The van der Waals surface area contributed by atoms with Crippen LogP contribution in [0.5, 0.6) is 0 Å². The fourth-order valence-electron chi connectivity index (χ4n) is 4.44. The van der Waals surface area contributed by atoms with Crippen LogP contribution in [-0.4, -0.2) is 41.3 Å². The van der Waals surface area contributed by atoms with Crippen LogP contribution in [0.4, 0.5) is 20.2 Å². The number of alkyl halides is 2. The summed E-state index contributed by atoms with van der Waals surface area (Å²) in [5.74, 6) is -2.70. The molecule has 0 unspecified atom stereocenters. The highest BCUT2D eigenvalue weighted by atomic mass is 19.3. The van der Waals surface area contributed by atoms with Crippen molar-refractivity contribution in [1.82, 2.24) is 9.88 Å². The molecule has 0 bridgehead atoms. The molecule has 3 heterocycles. The molecule has 0 spiro atoms. The Kier molecular flexibility index (Phi) is 6.11. The maximum absolute atomic E-state index is 13.5. The molecule has 1 saturated heterocycles. The Morgan fingerprint density at radius 2 is 1.82 bits per heavy atom. The zero-order valence-electron chi connectivity index (χ0n) is 18.7. The lowest BCUT2D eigenvalue weighted by Crippen LogP contribution is -2.38. The summed E-state index contributed by atoms with van der Waals surface area (Å²) in [7, 11) is 0. The second-order valence-electron chi connectivity index (χ2n) is 8.79. The van der Waals surface area contributed by atoms with Crippen molar-refractivity contribution in [2.24, 2.45) is 0 Å². The lowest BCUT2D eigenvalue weighted by molar-refractivity contribution is -0.111. The summed E-state index contributed by atoms with van der Waals surface area (Å²) in [6.45, 7) is 1.93. The van der Waals surface area contributed by atoms with Crippen molar-refractivity contribution >= 4 is 22.9 Å². The number of nitrogens with one attached hydrogen (secondary N) is 2. The number of aromatic nitrogens is 1. The molecule has 1 fully saturated rings. The predicted octanol–water partition coefficient (Wildman–Crippen LogP) is 5.43. The van der Waals surface area contributed by atoms with Crippen molar-refractivity contribution in [2.75, 3.05) is 30.3 Å². The number of nitrogens with zero attached hydrogens (tertiary/aromatic N) is 2. The molecule has 34 heavy (non-hydrogen) atoms. The first-order valence-electron chi connectivity index (χ1n) is 11.5. The Bertz CT molecular complexity index is 1220. The van der Waals surface area contributed by atoms with E-state index in [4.69, 9.17) is 0 Å². The van der Waals surface area contributed by atoms with Crippen LogP contribution in [0.25, 0.3) is 16.7 Å². The predicted molar refractivity (Wildman–Crippen MR) is 131 cm³/mol. The van der Waals surface area contributed by atoms with Crippen molar-refractivity contribution in [3.63, 3.8) is 0 Å². The number of piperidine rings is 1.